The molecule has 1 N–H and O–H groups in total. The zero-order valence-electron chi connectivity index (χ0n) is 16.2. The van der Waals surface area contributed by atoms with E-state index in [1.165, 1.54) is 0 Å². The van der Waals surface area contributed by atoms with Gasteiger partial charge in [0.2, 0.25) is 5.91 Å². The highest BCUT2D eigenvalue weighted by Gasteiger charge is 2.40. The monoisotopic (exact) mass is 428 g/mol. The van der Waals surface area contributed by atoms with Gasteiger partial charge in [-0.05, 0) is 43.5 Å². The van der Waals surface area contributed by atoms with E-state index in [0.717, 1.165) is 29.9 Å². The van der Waals surface area contributed by atoms with Crippen LogP contribution in [0, 0.1) is 0 Å². The molecular formula is C23H22Cl2N2O2. The number of nitrogens with one attached hydrogen (secondary N) is 1. The van der Waals surface area contributed by atoms with E-state index < -0.39 is 6.04 Å². The molecule has 4 nitrogen and oxygen atoms in total. The fourth-order valence-corrected chi connectivity index (χ4v) is 4.79. The summed E-state index contributed by atoms with van der Waals surface area (Å²) in [6.45, 7) is 1.97. The second-order valence-electron chi connectivity index (χ2n) is 7.36. The average molecular weight is 429 g/mol. The first-order valence-electron chi connectivity index (χ1n) is 9.91. The molecule has 150 valence electrons. The van der Waals surface area contributed by atoms with Gasteiger partial charge in [-0.2, -0.15) is 0 Å². The van der Waals surface area contributed by atoms with Gasteiger partial charge in [0.05, 0.1) is 17.4 Å². The highest BCUT2D eigenvalue weighted by Crippen LogP contribution is 2.48. The number of fused-ring (bicyclic) bond motifs is 1. The first-order chi connectivity index (χ1) is 14.0. The summed E-state index contributed by atoms with van der Waals surface area (Å²) in [5.41, 5.74) is 3.58. The Morgan fingerprint density at radius 1 is 1.10 bits per heavy atom. The smallest absolute Gasteiger partial charge is 0.227 e. The molecule has 0 saturated heterocycles. The Hall–Kier alpha value is -2.30. The maximum atomic E-state index is 13.4. The zero-order valence-corrected chi connectivity index (χ0v) is 17.7. The van der Waals surface area contributed by atoms with E-state index in [0.29, 0.717) is 40.4 Å². The minimum Gasteiger partial charge on any atom is -0.357 e. The van der Waals surface area contributed by atoms with Gasteiger partial charge in [0, 0.05) is 39.7 Å². The summed E-state index contributed by atoms with van der Waals surface area (Å²) in [5, 5.41) is 4.33. The third-order valence-electron chi connectivity index (χ3n) is 5.44. The van der Waals surface area contributed by atoms with Crippen LogP contribution < -0.4 is 10.2 Å². The maximum absolute atomic E-state index is 13.4. The number of Topliss-reactive ketones (excluding diaryl/α,β-unsaturated/α-hetero) is 1. The van der Waals surface area contributed by atoms with Gasteiger partial charge in [-0.25, -0.2) is 0 Å². The van der Waals surface area contributed by atoms with Crippen molar-refractivity contribution in [2.45, 2.75) is 45.1 Å². The van der Waals surface area contributed by atoms with Gasteiger partial charge < -0.3 is 5.32 Å². The van der Waals surface area contributed by atoms with E-state index in [1.807, 2.05) is 31.2 Å². The molecule has 6 heteroatoms. The van der Waals surface area contributed by atoms with E-state index >= 15 is 0 Å². The molecule has 1 atom stereocenters. The van der Waals surface area contributed by atoms with Crippen LogP contribution in [0.2, 0.25) is 10.0 Å². The summed E-state index contributed by atoms with van der Waals surface area (Å²) >= 11 is 13.2. The molecule has 1 amide bonds. The Balaban J connectivity index is 2.04. The van der Waals surface area contributed by atoms with Crippen molar-refractivity contribution in [2.24, 2.45) is 0 Å². The van der Waals surface area contributed by atoms with Crippen molar-refractivity contribution < 1.29 is 9.59 Å². The number of anilines is 2. The zero-order chi connectivity index (χ0) is 20.5. The van der Waals surface area contributed by atoms with Crippen LogP contribution in [0.15, 0.2) is 53.7 Å². The van der Waals surface area contributed by atoms with Gasteiger partial charge in [0.1, 0.15) is 0 Å². The lowest BCUT2D eigenvalue weighted by atomic mass is 9.85. The van der Waals surface area contributed by atoms with Crippen molar-refractivity contribution in [3.8, 4) is 0 Å². The minimum atomic E-state index is -0.658. The lowest BCUT2D eigenvalue weighted by Crippen LogP contribution is -2.38. The second kappa shape index (κ2) is 8.21. The van der Waals surface area contributed by atoms with Gasteiger partial charge in [0.25, 0.3) is 0 Å². The molecule has 1 aliphatic heterocycles. The quantitative estimate of drug-likeness (QED) is 0.623. The minimum absolute atomic E-state index is 0.0295. The van der Waals surface area contributed by atoms with Crippen molar-refractivity contribution in [2.75, 3.05) is 10.2 Å². The third-order valence-corrected chi connectivity index (χ3v) is 6.10. The predicted molar refractivity (Wildman–Crippen MR) is 118 cm³/mol. The molecule has 4 rings (SSSR count). The van der Waals surface area contributed by atoms with Gasteiger partial charge in [-0.3, -0.25) is 14.5 Å². The lowest BCUT2D eigenvalue weighted by molar-refractivity contribution is -0.119. The highest BCUT2D eigenvalue weighted by molar-refractivity contribution is 6.36. The molecule has 2 aliphatic rings. The molecule has 0 unspecified atom stereocenters. The van der Waals surface area contributed by atoms with Crippen molar-refractivity contribution in [1.82, 2.24) is 0 Å². The molecule has 0 saturated carbocycles. The van der Waals surface area contributed by atoms with Crippen molar-refractivity contribution >= 4 is 46.3 Å². The Kier molecular flexibility index (Phi) is 5.66. The van der Waals surface area contributed by atoms with Gasteiger partial charge in [0.15, 0.2) is 5.78 Å². The van der Waals surface area contributed by atoms with E-state index in [2.05, 4.69) is 5.32 Å². The number of hydrogen-bond acceptors (Lipinski definition) is 3. The second-order valence-corrected chi connectivity index (χ2v) is 8.18. The number of carbonyl (C=O) groups excluding carboxylic acids is 2. The first-order valence-corrected chi connectivity index (χ1v) is 10.7. The number of hydrogen-bond donors (Lipinski definition) is 1. The van der Waals surface area contributed by atoms with Crippen molar-refractivity contribution in [3.63, 3.8) is 0 Å². The normalized spacial score (nSPS) is 18.7. The Morgan fingerprint density at radius 2 is 1.83 bits per heavy atom. The van der Waals surface area contributed by atoms with E-state index in [4.69, 9.17) is 23.2 Å². The van der Waals surface area contributed by atoms with Crippen LogP contribution in [0.5, 0.6) is 0 Å². The van der Waals surface area contributed by atoms with E-state index in [1.54, 1.807) is 23.1 Å². The molecule has 0 bridgehead atoms. The van der Waals surface area contributed by atoms with Gasteiger partial charge in [-0.15, -0.1) is 0 Å². The number of para-hydroxylation sites is 2. The number of allylic oxidation sites excluding steroid dienone is 1. The predicted octanol–water partition coefficient (Wildman–Crippen LogP) is 6.30. The van der Waals surface area contributed by atoms with Gasteiger partial charge >= 0.3 is 0 Å². The number of benzene rings is 2. The number of halogens is 2. The molecule has 0 aromatic heterocycles. The summed E-state index contributed by atoms with van der Waals surface area (Å²) < 4.78 is 0. The number of nitrogens with zero attached hydrogens (tertiary/aromatic N) is 1. The van der Waals surface area contributed by atoms with Crippen LogP contribution in [0.4, 0.5) is 11.4 Å². The topological polar surface area (TPSA) is 49.4 Å². The molecule has 0 spiro atoms. The molecule has 0 radical (unpaired) electrons. The molecule has 2 aromatic rings. The summed E-state index contributed by atoms with van der Waals surface area (Å²) in [4.78, 5) is 28.2. The Bertz CT molecular complexity index is 995. The molecular weight excluding hydrogens is 407 g/mol. The standard InChI is InChI=1S/C23H22Cl2N2O2/c1-2-7-20(29)27-18-12-4-3-10-16(18)26-17-11-6-13-19(28)22(17)23(27)21-14(24)8-5-9-15(21)25/h3-5,8-10,12,23,26H,2,6-7,11,13H2,1H3/t23-/m0/s1. The number of ketones is 1. The van der Waals surface area contributed by atoms with Crippen LogP contribution in [0.25, 0.3) is 0 Å². The van der Waals surface area contributed by atoms with Crippen LogP contribution >= 0.6 is 23.2 Å². The lowest BCUT2D eigenvalue weighted by Gasteiger charge is -2.34. The summed E-state index contributed by atoms with van der Waals surface area (Å²) in [6, 6.07) is 12.3. The molecule has 1 aliphatic carbocycles. The number of carbonyl (C=O) groups is 2. The van der Waals surface area contributed by atoms with E-state index in [-0.39, 0.29) is 11.7 Å². The van der Waals surface area contributed by atoms with Crippen molar-refractivity contribution in [1.29, 1.82) is 0 Å². The van der Waals surface area contributed by atoms with Gasteiger partial charge in [-0.1, -0.05) is 48.3 Å². The fraction of sp³-hybridized carbons (Fsp3) is 0.304. The molecule has 0 fully saturated rings. The third kappa shape index (κ3) is 3.56. The largest absolute Gasteiger partial charge is 0.357 e. The van der Waals surface area contributed by atoms with Crippen LogP contribution in [0.1, 0.15) is 50.6 Å². The maximum Gasteiger partial charge on any atom is 0.227 e. The Morgan fingerprint density at radius 3 is 2.55 bits per heavy atom. The van der Waals surface area contributed by atoms with Crippen LogP contribution in [-0.2, 0) is 9.59 Å². The molecule has 29 heavy (non-hydrogen) atoms. The van der Waals surface area contributed by atoms with Crippen LogP contribution in [0.3, 0.4) is 0 Å². The molecule has 1 heterocycles. The first kappa shape index (κ1) is 20.0. The summed E-state index contributed by atoms with van der Waals surface area (Å²) in [5.74, 6) is -0.0308. The highest BCUT2D eigenvalue weighted by atomic mass is 35.5. The summed E-state index contributed by atoms with van der Waals surface area (Å²) in [7, 11) is 0. The average Bonchev–Trinajstić information content (AvgIpc) is 2.83. The summed E-state index contributed by atoms with van der Waals surface area (Å²) in [6.07, 6.45) is 3.03. The fourth-order valence-electron chi connectivity index (χ4n) is 4.19. The van der Waals surface area contributed by atoms with Crippen LogP contribution in [-0.4, -0.2) is 11.7 Å². The number of amides is 1. The van der Waals surface area contributed by atoms with Crippen molar-refractivity contribution in [3.05, 3.63) is 69.3 Å². The number of rotatable bonds is 3. The molecule has 2 aromatic carbocycles. The van der Waals surface area contributed by atoms with E-state index in [9.17, 15) is 9.59 Å². The Labute approximate surface area is 180 Å². The SMILES string of the molecule is CCCC(=O)N1c2ccccc2NC2=C(C(=O)CCC2)[C@@H]1c1c(Cl)cccc1Cl.